The molecule has 0 bridgehead atoms. The third-order valence-electron chi connectivity index (χ3n) is 4.06. The van der Waals surface area contributed by atoms with Crippen molar-refractivity contribution < 1.29 is 14.3 Å². The highest BCUT2D eigenvalue weighted by Gasteiger charge is 2.24. The lowest BCUT2D eigenvalue weighted by atomic mass is 9.98. The van der Waals surface area contributed by atoms with Gasteiger partial charge in [0, 0.05) is 26.1 Å². The summed E-state index contributed by atoms with van der Waals surface area (Å²) in [5.41, 5.74) is 0.668. The zero-order chi connectivity index (χ0) is 16.7. The van der Waals surface area contributed by atoms with Gasteiger partial charge in [0.1, 0.15) is 5.75 Å². The van der Waals surface area contributed by atoms with Crippen LogP contribution in [0.25, 0.3) is 0 Å². The van der Waals surface area contributed by atoms with Crippen LogP contribution in [0, 0.1) is 5.92 Å². The number of anilines is 1. The SMILES string of the molecule is CCC(=O)NC[C@@H]1CCCN(C(=O)Nc2ccccc2OC)C1. The van der Waals surface area contributed by atoms with E-state index in [1.54, 1.807) is 12.0 Å². The molecule has 0 unspecified atom stereocenters. The van der Waals surface area contributed by atoms with Gasteiger partial charge in [-0.15, -0.1) is 0 Å². The van der Waals surface area contributed by atoms with E-state index in [4.69, 9.17) is 4.74 Å². The molecule has 1 aliphatic rings. The topological polar surface area (TPSA) is 70.7 Å². The molecule has 0 radical (unpaired) electrons. The Kier molecular flexibility index (Phi) is 6.26. The van der Waals surface area contributed by atoms with Crippen LogP contribution >= 0.6 is 0 Å². The largest absolute Gasteiger partial charge is 0.495 e. The number of methoxy groups -OCH3 is 1. The van der Waals surface area contributed by atoms with Crippen molar-refractivity contribution in [3.63, 3.8) is 0 Å². The summed E-state index contributed by atoms with van der Waals surface area (Å²) in [6, 6.07) is 7.23. The molecule has 126 valence electrons. The Morgan fingerprint density at radius 1 is 1.35 bits per heavy atom. The fourth-order valence-electron chi connectivity index (χ4n) is 2.74. The summed E-state index contributed by atoms with van der Waals surface area (Å²) < 4.78 is 5.25. The van der Waals surface area contributed by atoms with Gasteiger partial charge < -0.3 is 20.3 Å². The molecule has 0 saturated carbocycles. The van der Waals surface area contributed by atoms with Gasteiger partial charge in [-0.1, -0.05) is 19.1 Å². The molecule has 0 aromatic heterocycles. The highest BCUT2D eigenvalue weighted by molar-refractivity contribution is 5.91. The van der Waals surface area contributed by atoms with Crippen molar-refractivity contribution in [3.05, 3.63) is 24.3 Å². The molecular formula is C17H25N3O3. The van der Waals surface area contributed by atoms with Gasteiger partial charge in [-0.05, 0) is 30.9 Å². The van der Waals surface area contributed by atoms with Crippen molar-refractivity contribution in [1.29, 1.82) is 0 Å². The van der Waals surface area contributed by atoms with E-state index in [0.29, 0.717) is 36.9 Å². The maximum Gasteiger partial charge on any atom is 0.321 e. The van der Waals surface area contributed by atoms with Gasteiger partial charge in [-0.25, -0.2) is 4.79 Å². The van der Waals surface area contributed by atoms with Gasteiger partial charge in [0.15, 0.2) is 0 Å². The van der Waals surface area contributed by atoms with Gasteiger partial charge in [0.05, 0.1) is 12.8 Å². The maximum absolute atomic E-state index is 12.4. The monoisotopic (exact) mass is 319 g/mol. The first-order valence-corrected chi connectivity index (χ1v) is 8.09. The number of benzene rings is 1. The average Bonchev–Trinajstić information content (AvgIpc) is 2.60. The fraction of sp³-hybridized carbons (Fsp3) is 0.529. The molecule has 6 heteroatoms. The molecule has 1 atom stereocenters. The summed E-state index contributed by atoms with van der Waals surface area (Å²) in [6.45, 7) is 3.86. The Labute approximate surface area is 137 Å². The molecule has 23 heavy (non-hydrogen) atoms. The molecule has 1 aromatic rings. The van der Waals surface area contributed by atoms with E-state index in [2.05, 4.69) is 10.6 Å². The third-order valence-corrected chi connectivity index (χ3v) is 4.06. The standard InChI is InChI=1S/C17H25N3O3/c1-3-16(21)18-11-13-7-6-10-20(12-13)17(22)19-14-8-4-5-9-15(14)23-2/h4-5,8-9,13H,3,6-7,10-12H2,1-2H3,(H,18,21)(H,19,22)/t13-/m0/s1. The van der Waals surface area contributed by atoms with E-state index in [9.17, 15) is 9.59 Å². The number of ether oxygens (including phenoxy) is 1. The number of amides is 3. The van der Waals surface area contributed by atoms with Gasteiger partial charge >= 0.3 is 6.03 Å². The summed E-state index contributed by atoms with van der Waals surface area (Å²) >= 11 is 0. The van der Waals surface area contributed by atoms with Crippen LogP contribution in [0.2, 0.25) is 0 Å². The Morgan fingerprint density at radius 3 is 2.87 bits per heavy atom. The number of carbonyl (C=O) groups excluding carboxylic acids is 2. The van der Waals surface area contributed by atoms with Gasteiger partial charge in [-0.3, -0.25) is 4.79 Å². The molecule has 1 saturated heterocycles. The number of nitrogens with one attached hydrogen (secondary N) is 2. The zero-order valence-electron chi connectivity index (χ0n) is 13.8. The van der Waals surface area contributed by atoms with Crippen LogP contribution in [-0.4, -0.2) is 43.6 Å². The first-order chi connectivity index (χ1) is 11.1. The third kappa shape index (κ3) is 4.87. The number of carbonyl (C=O) groups is 2. The molecule has 6 nitrogen and oxygen atoms in total. The quantitative estimate of drug-likeness (QED) is 0.876. The van der Waals surface area contributed by atoms with Crippen LogP contribution in [0.5, 0.6) is 5.75 Å². The van der Waals surface area contributed by atoms with Crippen molar-refractivity contribution in [1.82, 2.24) is 10.2 Å². The molecule has 2 rings (SSSR count). The van der Waals surface area contributed by atoms with E-state index in [-0.39, 0.29) is 11.9 Å². The van der Waals surface area contributed by atoms with Crippen LogP contribution < -0.4 is 15.4 Å². The predicted molar refractivity (Wildman–Crippen MR) is 89.6 cm³/mol. The second-order valence-electron chi connectivity index (χ2n) is 5.74. The van der Waals surface area contributed by atoms with Crippen LogP contribution in [-0.2, 0) is 4.79 Å². The van der Waals surface area contributed by atoms with E-state index in [1.807, 2.05) is 31.2 Å². The molecule has 0 aliphatic carbocycles. The predicted octanol–water partition coefficient (Wildman–Crippen LogP) is 2.47. The number of urea groups is 1. The van der Waals surface area contributed by atoms with Crippen molar-refractivity contribution in [2.75, 3.05) is 32.1 Å². The number of nitrogens with zero attached hydrogens (tertiary/aromatic N) is 1. The number of piperidine rings is 1. The molecule has 1 aliphatic heterocycles. The smallest absolute Gasteiger partial charge is 0.321 e. The summed E-state index contributed by atoms with van der Waals surface area (Å²) in [7, 11) is 1.58. The molecule has 0 spiro atoms. The lowest BCUT2D eigenvalue weighted by Crippen LogP contribution is -2.45. The summed E-state index contributed by atoms with van der Waals surface area (Å²) in [5.74, 6) is 1.01. The molecule has 3 amide bonds. The normalized spacial score (nSPS) is 17.5. The number of para-hydroxylation sites is 2. The lowest BCUT2D eigenvalue weighted by Gasteiger charge is -2.33. The summed E-state index contributed by atoms with van der Waals surface area (Å²) in [4.78, 5) is 25.6. The second-order valence-corrected chi connectivity index (χ2v) is 5.74. The minimum absolute atomic E-state index is 0.0561. The summed E-state index contributed by atoms with van der Waals surface area (Å²) in [6.07, 6.45) is 2.47. The minimum atomic E-state index is -0.124. The summed E-state index contributed by atoms with van der Waals surface area (Å²) in [5, 5.41) is 5.81. The Morgan fingerprint density at radius 2 is 2.13 bits per heavy atom. The van der Waals surface area contributed by atoms with Crippen LogP contribution in [0.15, 0.2) is 24.3 Å². The number of rotatable bonds is 5. The van der Waals surface area contributed by atoms with Crippen LogP contribution in [0.3, 0.4) is 0 Å². The number of hydrogen-bond acceptors (Lipinski definition) is 3. The van der Waals surface area contributed by atoms with E-state index in [1.165, 1.54) is 0 Å². The second kappa shape index (κ2) is 8.41. The molecular weight excluding hydrogens is 294 g/mol. The van der Waals surface area contributed by atoms with Gasteiger partial charge in [-0.2, -0.15) is 0 Å². The average molecular weight is 319 g/mol. The van der Waals surface area contributed by atoms with Gasteiger partial charge in [0.25, 0.3) is 0 Å². The van der Waals surface area contributed by atoms with E-state index in [0.717, 1.165) is 19.4 Å². The zero-order valence-corrected chi connectivity index (χ0v) is 13.8. The van der Waals surface area contributed by atoms with Crippen LogP contribution in [0.1, 0.15) is 26.2 Å². The minimum Gasteiger partial charge on any atom is -0.495 e. The lowest BCUT2D eigenvalue weighted by molar-refractivity contribution is -0.121. The highest BCUT2D eigenvalue weighted by Crippen LogP contribution is 2.24. The van der Waals surface area contributed by atoms with Crippen molar-refractivity contribution >= 4 is 17.6 Å². The maximum atomic E-state index is 12.4. The molecule has 2 N–H and O–H groups in total. The van der Waals surface area contributed by atoms with Crippen molar-refractivity contribution in [3.8, 4) is 5.75 Å². The fourth-order valence-corrected chi connectivity index (χ4v) is 2.74. The Bertz CT molecular complexity index is 548. The van der Waals surface area contributed by atoms with Crippen molar-refractivity contribution in [2.24, 2.45) is 5.92 Å². The first-order valence-electron chi connectivity index (χ1n) is 8.09. The van der Waals surface area contributed by atoms with Gasteiger partial charge in [0.2, 0.25) is 5.91 Å². The Balaban J connectivity index is 1.90. The van der Waals surface area contributed by atoms with E-state index < -0.39 is 0 Å². The number of likely N-dealkylation sites (tertiary alicyclic amines) is 1. The highest BCUT2D eigenvalue weighted by atomic mass is 16.5. The van der Waals surface area contributed by atoms with Crippen molar-refractivity contribution in [2.45, 2.75) is 26.2 Å². The van der Waals surface area contributed by atoms with E-state index >= 15 is 0 Å². The first kappa shape index (κ1) is 17.1. The molecule has 1 heterocycles. The molecule has 1 fully saturated rings. The Hall–Kier alpha value is -2.24. The van der Waals surface area contributed by atoms with Crippen LogP contribution in [0.4, 0.5) is 10.5 Å². The molecule has 1 aromatic carbocycles. The number of hydrogen-bond donors (Lipinski definition) is 2.